The van der Waals surface area contributed by atoms with E-state index in [0.717, 1.165) is 30.8 Å². The fraction of sp³-hybridized carbons (Fsp3) is 0.650. The van der Waals surface area contributed by atoms with E-state index in [0.29, 0.717) is 30.5 Å². The Morgan fingerprint density at radius 1 is 1.21 bits per heavy atom. The molecule has 2 atom stereocenters. The third kappa shape index (κ3) is 4.29. The summed E-state index contributed by atoms with van der Waals surface area (Å²) in [6, 6.07) is 9.57. The Balaban J connectivity index is 1.52. The number of carbonyl (C=O) groups excluding carboxylic acids is 1. The summed E-state index contributed by atoms with van der Waals surface area (Å²) in [4.78, 5) is 14.6. The molecular formula is C20H30N2O2. The summed E-state index contributed by atoms with van der Waals surface area (Å²) in [6.07, 6.45) is 5.20. The maximum Gasteiger partial charge on any atom is 0.226 e. The molecule has 2 saturated heterocycles. The van der Waals surface area contributed by atoms with E-state index in [-0.39, 0.29) is 5.91 Å². The number of carbonyl (C=O) groups is 1. The number of ether oxygens (including phenoxy) is 1. The standard InChI is InChI=1S/C20H30N2O2/c1-14(2)13-24-19-8-4-15(5-9-19)10-20(23)22(3)18-11-16-6-7-17(12-18)21-16/h4-5,8-9,14,16-18,21H,6-7,10-13H2,1-3H3. The molecule has 24 heavy (non-hydrogen) atoms. The van der Waals surface area contributed by atoms with Gasteiger partial charge in [-0.3, -0.25) is 4.79 Å². The van der Waals surface area contributed by atoms with Gasteiger partial charge in [-0.15, -0.1) is 0 Å². The number of amides is 1. The molecule has 0 saturated carbocycles. The molecule has 2 fully saturated rings. The number of piperidine rings is 1. The van der Waals surface area contributed by atoms with Crippen molar-refractivity contribution >= 4 is 5.91 Å². The molecule has 132 valence electrons. The van der Waals surface area contributed by atoms with Crippen molar-refractivity contribution in [3.63, 3.8) is 0 Å². The number of rotatable bonds is 6. The zero-order valence-electron chi connectivity index (χ0n) is 15.1. The van der Waals surface area contributed by atoms with Crippen LogP contribution in [0.3, 0.4) is 0 Å². The summed E-state index contributed by atoms with van der Waals surface area (Å²) in [5, 5.41) is 3.64. The number of hydrogen-bond donors (Lipinski definition) is 1. The minimum absolute atomic E-state index is 0.220. The van der Waals surface area contributed by atoms with Gasteiger partial charge in [-0.25, -0.2) is 0 Å². The quantitative estimate of drug-likeness (QED) is 0.872. The van der Waals surface area contributed by atoms with E-state index >= 15 is 0 Å². The predicted octanol–water partition coefficient (Wildman–Crippen LogP) is 3.01. The lowest BCUT2D eigenvalue weighted by Crippen LogP contribution is -2.49. The van der Waals surface area contributed by atoms with Crippen LogP contribution < -0.4 is 10.1 Å². The van der Waals surface area contributed by atoms with Crippen molar-refractivity contribution in [1.82, 2.24) is 10.2 Å². The highest BCUT2D eigenvalue weighted by atomic mass is 16.5. The molecule has 3 rings (SSSR count). The van der Waals surface area contributed by atoms with Gasteiger partial charge in [0.2, 0.25) is 5.91 Å². The van der Waals surface area contributed by atoms with Crippen LogP contribution in [0.4, 0.5) is 0 Å². The summed E-state index contributed by atoms with van der Waals surface area (Å²) in [5.74, 6) is 1.61. The van der Waals surface area contributed by atoms with E-state index in [2.05, 4.69) is 19.2 Å². The lowest BCUT2D eigenvalue weighted by Gasteiger charge is -2.35. The van der Waals surface area contributed by atoms with Crippen LogP contribution in [0.5, 0.6) is 5.75 Å². The molecular weight excluding hydrogens is 300 g/mol. The van der Waals surface area contributed by atoms with E-state index in [1.807, 2.05) is 36.2 Å². The molecule has 1 aromatic rings. The molecule has 2 bridgehead atoms. The highest BCUT2D eigenvalue weighted by Crippen LogP contribution is 2.29. The van der Waals surface area contributed by atoms with Crippen molar-refractivity contribution in [2.45, 2.75) is 64.1 Å². The van der Waals surface area contributed by atoms with Crippen molar-refractivity contribution in [2.24, 2.45) is 5.92 Å². The summed E-state index contributed by atoms with van der Waals surface area (Å²) < 4.78 is 5.70. The van der Waals surface area contributed by atoms with Gasteiger partial charge in [0.15, 0.2) is 0 Å². The molecule has 2 aliphatic rings. The molecule has 0 spiro atoms. The third-order valence-corrected chi connectivity index (χ3v) is 5.25. The topological polar surface area (TPSA) is 41.6 Å². The van der Waals surface area contributed by atoms with Crippen LogP contribution in [0.25, 0.3) is 0 Å². The molecule has 2 unspecified atom stereocenters. The Kier molecular flexibility index (Phi) is 5.44. The van der Waals surface area contributed by atoms with Gasteiger partial charge in [-0.2, -0.15) is 0 Å². The number of hydrogen-bond acceptors (Lipinski definition) is 3. The molecule has 4 heteroatoms. The average Bonchev–Trinajstić information content (AvgIpc) is 2.91. The number of fused-ring (bicyclic) bond motifs is 2. The molecule has 4 nitrogen and oxygen atoms in total. The van der Waals surface area contributed by atoms with Gasteiger partial charge in [-0.05, 0) is 49.3 Å². The lowest BCUT2D eigenvalue weighted by atomic mass is 9.98. The van der Waals surface area contributed by atoms with Crippen LogP contribution in [0.2, 0.25) is 0 Å². The minimum atomic E-state index is 0.220. The predicted molar refractivity (Wildman–Crippen MR) is 96.2 cm³/mol. The highest BCUT2D eigenvalue weighted by Gasteiger charge is 2.36. The van der Waals surface area contributed by atoms with Crippen LogP contribution in [0.1, 0.15) is 45.1 Å². The largest absolute Gasteiger partial charge is 0.493 e. The molecule has 0 radical (unpaired) electrons. The van der Waals surface area contributed by atoms with Crippen LogP contribution in [-0.4, -0.2) is 42.6 Å². The summed E-state index contributed by atoms with van der Waals surface area (Å²) >= 11 is 0. The van der Waals surface area contributed by atoms with Crippen molar-refractivity contribution in [1.29, 1.82) is 0 Å². The highest BCUT2D eigenvalue weighted by molar-refractivity contribution is 5.78. The van der Waals surface area contributed by atoms with E-state index in [9.17, 15) is 4.79 Å². The Morgan fingerprint density at radius 3 is 2.42 bits per heavy atom. The molecule has 1 amide bonds. The van der Waals surface area contributed by atoms with E-state index in [1.165, 1.54) is 12.8 Å². The maximum absolute atomic E-state index is 12.6. The second-order valence-electron chi connectivity index (χ2n) is 7.79. The van der Waals surface area contributed by atoms with Crippen molar-refractivity contribution in [3.8, 4) is 5.75 Å². The zero-order chi connectivity index (χ0) is 17.1. The van der Waals surface area contributed by atoms with Crippen LogP contribution in [0.15, 0.2) is 24.3 Å². The third-order valence-electron chi connectivity index (χ3n) is 5.25. The zero-order valence-corrected chi connectivity index (χ0v) is 15.1. The monoisotopic (exact) mass is 330 g/mol. The Morgan fingerprint density at radius 2 is 1.83 bits per heavy atom. The van der Waals surface area contributed by atoms with Gasteiger partial charge in [0.25, 0.3) is 0 Å². The number of nitrogens with one attached hydrogen (secondary N) is 1. The van der Waals surface area contributed by atoms with Crippen molar-refractivity contribution in [2.75, 3.05) is 13.7 Å². The fourth-order valence-corrected chi connectivity index (χ4v) is 3.81. The molecule has 1 aromatic carbocycles. The first-order chi connectivity index (χ1) is 11.5. The normalized spacial score (nSPS) is 25.8. The fourth-order valence-electron chi connectivity index (χ4n) is 3.81. The van der Waals surface area contributed by atoms with E-state index in [4.69, 9.17) is 4.74 Å². The van der Waals surface area contributed by atoms with Gasteiger partial charge in [-0.1, -0.05) is 26.0 Å². The van der Waals surface area contributed by atoms with Crippen molar-refractivity contribution < 1.29 is 9.53 Å². The molecule has 2 heterocycles. The SMILES string of the molecule is CC(C)COc1ccc(CC(=O)N(C)C2CC3CCC(C2)N3)cc1. The molecule has 0 aliphatic carbocycles. The summed E-state index contributed by atoms with van der Waals surface area (Å²) in [6.45, 7) is 4.99. The number of nitrogens with zero attached hydrogens (tertiary/aromatic N) is 1. The van der Waals surface area contributed by atoms with E-state index in [1.54, 1.807) is 0 Å². The molecule has 1 N–H and O–H groups in total. The van der Waals surface area contributed by atoms with Gasteiger partial charge in [0.1, 0.15) is 5.75 Å². The molecule has 0 aromatic heterocycles. The van der Waals surface area contributed by atoms with Crippen LogP contribution >= 0.6 is 0 Å². The summed E-state index contributed by atoms with van der Waals surface area (Å²) in [7, 11) is 1.97. The smallest absolute Gasteiger partial charge is 0.226 e. The number of benzene rings is 1. The Hall–Kier alpha value is -1.55. The van der Waals surface area contributed by atoms with Gasteiger partial charge < -0.3 is 15.0 Å². The first-order valence-electron chi connectivity index (χ1n) is 9.24. The van der Waals surface area contributed by atoms with Crippen molar-refractivity contribution in [3.05, 3.63) is 29.8 Å². The van der Waals surface area contributed by atoms with Gasteiger partial charge in [0, 0.05) is 25.2 Å². The van der Waals surface area contributed by atoms with Gasteiger partial charge >= 0.3 is 0 Å². The first-order valence-corrected chi connectivity index (χ1v) is 9.24. The molecule has 2 aliphatic heterocycles. The number of likely N-dealkylation sites (N-methyl/N-ethyl adjacent to an activating group) is 1. The minimum Gasteiger partial charge on any atom is -0.493 e. The van der Waals surface area contributed by atoms with Crippen LogP contribution in [0, 0.1) is 5.92 Å². The first kappa shape index (κ1) is 17.3. The Bertz CT molecular complexity index is 543. The lowest BCUT2D eigenvalue weighted by molar-refractivity contribution is -0.131. The maximum atomic E-state index is 12.6. The second kappa shape index (κ2) is 7.56. The van der Waals surface area contributed by atoms with Crippen LogP contribution in [-0.2, 0) is 11.2 Å². The van der Waals surface area contributed by atoms with Gasteiger partial charge in [0.05, 0.1) is 13.0 Å². The second-order valence-corrected chi connectivity index (χ2v) is 7.79. The van der Waals surface area contributed by atoms with E-state index < -0.39 is 0 Å². The summed E-state index contributed by atoms with van der Waals surface area (Å²) in [5.41, 5.74) is 1.06. The Labute approximate surface area is 145 Å². The average molecular weight is 330 g/mol.